The van der Waals surface area contributed by atoms with Crippen LogP contribution in [0.4, 0.5) is 11.5 Å². The van der Waals surface area contributed by atoms with Crippen molar-refractivity contribution in [3.05, 3.63) is 12.1 Å². The summed E-state index contributed by atoms with van der Waals surface area (Å²) in [5, 5.41) is 0. The van der Waals surface area contributed by atoms with E-state index >= 15 is 0 Å². The Hall–Kier alpha value is -1.49. The SMILES string of the molecule is COc1nc(N2CCC(N(C)C)C2)ccc1N. The van der Waals surface area contributed by atoms with Gasteiger partial charge >= 0.3 is 0 Å². The van der Waals surface area contributed by atoms with Crippen molar-refractivity contribution in [2.24, 2.45) is 0 Å². The largest absolute Gasteiger partial charge is 0.479 e. The first-order valence-electron chi connectivity index (χ1n) is 5.83. The maximum absolute atomic E-state index is 5.76. The van der Waals surface area contributed by atoms with Gasteiger partial charge in [0.1, 0.15) is 5.82 Å². The first-order chi connectivity index (χ1) is 8.11. The van der Waals surface area contributed by atoms with E-state index in [1.165, 1.54) is 6.42 Å². The number of pyridine rings is 1. The number of hydrogen-bond donors (Lipinski definition) is 1. The number of hydrogen-bond acceptors (Lipinski definition) is 5. The number of likely N-dealkylation sites (N-methyl/N-ethyl adjacent to an activating group) is 1. The molecular weight excluding hydrogens is 216 g/mol. The lowest BCUT2D eigenvalue weighted by Gasteiger charge is -2.21. The molecular formula is C12H20N4O. The zero-order chi connectivity index (χ0) is 12.4. The topological polar surface area (TPSA) is 54.6 Å². The third-order valence-corrected chi connectivity index (χ3v) is 3.29. The van der Waals surface area contributed by atoms with Gasteiger partial charge in [0.05, 0.1) is 12.8 Å². The van der Waals surface area contributed by atoms with Crippen LogP contribution in [0.3, 0.4) is 0 Å². The molecule has 0 radical (unpaired) electrons. The second-order valence-corrected chi connectivity index (χ2v) is 4.62. The lowest BCUT2D eigenvalue weighted by Crippen LogP contribution is -2.31. The van der Waals surface area contributed by atoms with Crippen LogP contribution in [0.15, 0.2) is 12.1 Å². The Balaban J connectivity index is 2.13. The van der Waals surface area contributed by atoms with Crippen LogP contribution in [0.25, 0.3) is 0 Å². The van der Waals surface area contributed by atoms with Gasteiger partial charge in [0.25, 0.3) is 0 Å². The van der Waals surface area contributed by atoms with Crippen molar-refractivity contribution < 1.29 is 4.74 Å². The highest BCUT2D eigenvalue weighted by Crippen LogP contribution is 2.25. The highest BCUT2D eigenvalue weighted by Gasteiger charge is 2.25. The summed E-state index contributed by atoms with van der Waals surface area (Å²) in [5.41, 5.74) is 6.34. The average molecular weight is 236 g/mol. The van der Waals surface area contributed by atoms with Crippen molar-refractivity contribution in [3.63, 3.8) is 0 Å². The molecule has 0 aromatic carbocycles. The Bertz CT molecular complexity index is 394. The summed E-state index contributed by atoms with van der Waals surface area (Å²) >= 11 is 0. The molecule has 0 aliphatic carbocycles. The number of ether oxygens (including phenoxy) is 1. The van der Waals surface area contributed by atoms with Crippen molar-refractivity contribution in [2.45, 2.75) is 12.5 Å². The fourth-order valence-corrected chi connectivity index (χ4v) is 2.15. The molecule has 1 atom stereocenters. The fraction of sp³-hybridized carbons (Fsp3) is 0.583. The van der Waals surface area contributed by atoms with Crippen molar-refractivity contribution in [1.82, 2.24) is 9.88 Å². The summed E-state index contributed by atoms with van der Waals surface area (Å²) < 4.78 is 5.15. The molecule has 1 aliphatic heterocycles. The van der Waals surface area contributed by atoms with Gasteiger partial charge in [-0.25, -0.2) is 0 Å². The van der Waals surface area contributed by atoms with Gasteiger partial charge in [-0.1, -0.05) is 0 Å². The number of methoxy groups -OCH3 is 1. The number of nitrogens with two attached hydrogens (primary N) is 1. The standard InChI is InChI=1S/C12H20N4O/c1-15(2)9-6-7-16(8-9)11-5-4-10(13)12(14-11)17-3/h4-5,9H,6-8,13H2,1-3H3. The molecule has 1 fully saturated rings. The van der Waals surface area contributed by atoms with Crippen LogP contribution in [0, 0.1) is 0 Å². The molecule has 1 aliphatic rings. The Morgan fingerprint density at radius 2 is 2.24 bits per heavy atom. The van der Waals surface area contributed by atoms with Crippen LogP contribution in [-0.4, -0.2) is 50.2 Å². The molecule has 0 amide bonds. The van der Waals surface area contributed by atoms with E-state index in [0.717, 1.165) is 18.9 Å². The summed E-state index contributed by atoms with van der Waals surface area (Å²) in [4.78, 5) is 8.96. The molecule has 1 aromatic rings. The van der Waals surface area contributed by atoms with Gasteiger partial charge in [-0.05, 0) is 32.6 Å². The van der Waals surface area contributed by atoms with E-state index in [4.69, 9.17) is 10.5 Å². The Morgan fingerprint density at radius 3 is 2.82 bits per heavy atom. The Morgan fingerprint density at radius 1 is 1.47 bits per heavy atom. The molecule has 1 unspecified atom stereocenters. The zero-order valence-corrected chi connectivity index (χ0v) is 10.7. The third-order valence-electron chi connectivity index (χ3n) is 3.29. The Labute approximate surface area is 102 Å². The monoisotopic (exact) mass is 236 g/mol. The van der Waals surface area contributed by atoms with E-state index in [0.29, 0.717) is 17.6 Å². The molecule has 2 N–H and O–H groups in total. The van der Waals surface area contributed by atoms with E-state index in [1.54, 1.807) is 7.11 Å². The second-order valence-electron chi connectivity index (χ2n) is 4.62. The van der Waals surface area contributed by atoms with Gasteiger partial charge < -0.3 is 20.3 Å². The smallest absolute Gasteiger partial charge is 0.238 e. The number of rotatable bonds is 3. The second kappa shape index (κ2) is 4.79. The van der Waals surface area contributed by atoms with Gasteiger partial charge in [0, 0.05) is 19.1 Å². The Kier molecular flexibility index (Phi) is 3.38. The first-order valence-corrected chi connectivity index (χ1v) is 5.83. The molecule has 17 heavy (non-hydrogen) atoms. The average Bonchev–Trinajstić information content (AvgIpc) is 2.79. The van der Waals surface area contributed by atoms with Crippen molar-refractivity contribution in [1.29, 1.82) is 0 Å². The minimum Gasteiger partial charge on any atom is -0.479 e. The lowest BCUT2D eigenvalue weighted by atomic mass is 10.2. The van der Waals surface area contributed by atoms with Gasteiger partial charge in [-0.3, -0.25) is 0 Å². The molecule has 1 aromatic heterocycles. The van der Waals surface area contributed by atoms with E-state index in [1.807, 2.05) is 12.1 Å². The number of anilines is 2. The van der Waals surface area contributed by atoms with Crippen LogP contribution < -0.4 is 15.4 Å². The van der Waals surface area contributed by atoms with E-state index in [2.05, 4.69) is 28.9 Å². The highest BCUT2D eigenvalue weighted by molar-refractivity contribution is 5.55. The summed E-state index contributed by atoms with van der Waals surface area (Å²) in [6.45, 7) is 2.04. The van der Waals surface area contributed by atoms with Gasteiger partial charge in [-0.2, -0.15) is 4.98 Å². The molecule has 5 nitrogen and oxygen atoms in total. The molecule has 94 valence electrons. The predicted octanol–water partition coefficient (Wildman–Crippen LogP) is 0.813. The summed E-state index contributed by atoms with van der Waals surface area (Å²) in [5.74, 6) is 1.45. The fourth-order valence-electron chi connectivity index (χ4n) is 2.15. The minimum absolute atomic E-state index is 0.510. The third kappa shape index (κ3) is 2.44. The molecule has 0 saturated carbocycles. The van der Waals surface area contributed by atoms with Gasteiger partial charge in [0.15, 0.2) is 0 Å². The normalized spacial score (nSPS) is 20.0. The first kappa shape index (κ1) is 12.0. The van der Waals surface area contributed by atoms with Crippen LogP contribution in [0.2, 0.25) is 0 Å². The van der Waals surface area contributed by atoms with E-state index in [9.17, 15) is 0 Å². The van der Waals surface area contributed by atoms with Crippen LogP contribution in [0.1, 0.15) is 6.42 Å². The molecule has 1 saturated heterocycles. The minimum atomic E-state index is 0.510. The van der Waals surface area contributed by atoms with Gasteiger partial charge in [0.2, 0.25) is 5.88 Å². The summed E-state index contributed by atoms with van der Waals surface area (Å²) in [7, 11) is 5.82. The lowest BCUT2D eigenvalue weighted by molar-refractivity contribution is 0.315. The predicted molar refractivity (Wildman–Crippen MR) is 69.5 cm³/mol. The molecule has 0 spiro atoms. The maximum Gasteiger partial charge on any atom is 0.238 e. The number of aromatic nitrogens is 1. The van der Waals surface area contributed by atoms with E-state index < -0.39 is 0 Å². The molecule has 2 rings (SSSR count). The summed E-state index contributed by atoms with van der Waals surface area (Å²) in [6.07, 6.45) is 1.17. The number of nitrogens with zero attached hydrogens (tertiary/aromatic N) is 3. The molecule has 5 heteroatoms. The van der Waals surface area contributed by atoms with Crippen molar-refractivity contribution >= 4 is 11.5 Å². The zero-order valence-electron chi connectivity index (χ0n) is 10.7. The maximum atomic E-state index is 5.76. The number of nitrogen functional groups attached to an aromatic ring is 1. The quantitative estimate of drug-likeness (QED) is 0.842. The van der Waals surface area contributed by atoms with Crippen molar-refractivity contribution in [3.8, 4) is 5.88 Å². The van der Waals surface area contributed by atoms with Crippen LogP contribution >= 0.6 is 0 Å². The van der Waals surface area contributed by atoms with E-state index in [-0.39, 0.29) is 0 Å². The highest BCUT2D eigenvalue weighted by atomic mass is 16.5. The van der Waals surface area contributed by atoms with Crippen LogP contribution in [-0.2, 0) is 0 Å². The molecule has 0 bridgehead atoms. The van der Waals surface area contributed by atoms with Gasteiger partial charge in [-0.15, -0.1) is 0 Å². The van der Waals surface area contributed by atoms with Crippen molar-refractivity contribution in [2.75, 3.05) is 44.9 Å². The van der Waals surface area contributed by atoms with Crippen LogP contribution in [0.5, 0.6) is 5.88 Å². The summed E-state index contributed by atoms with van der Waals surface area (Å²) in [6, 6.07) is 4.40. The molecule has 2 heterocycles.